The average molecular weight is 1310 g/mol. The van der Waals surface area contributed by atoms with E-state index in [9.17, 15) is 0 Å². The van der Waals surface area contributed by atoms with Crippen LogP contribution in [0.15, 0.2) is 231 Å². The van der Waals surface area contributed by atoms with Gasteiger partial charge in [0.2, 0.25) is 0 Å². The molecule has 15 aromatic rings. The number of fused-ring (bicyclic) bond motifs is 10. The predicted molar refractivity (Wildman–Crippen MR) is 361 cm³/mol. The van der Waals surface area contributed by atoms with Crippen LogP contribution in [0, 0.1) is 13.8 Å². The third kappa shape index (κ3) is 6.36. The van der Waals surface area contributed by atoms with Crippen LogP contribution < -0.4 is 31.1 Å². The van der Waals surface area contributed by atoms with Gasteiger partial charge in [0.1, 0.15) is 0 Å². The molecule has 13 heteroatoms. The van der Waals surface area contributed by atoms with Gasteiger partial charge in [-0.2, -0.15) is 0 Å². The number of hydrogen-bond acceptors (Lipinski definition) is 5. The molecule has 0 bridgehead atoms. The Morgan fingerprint density at radius 3 is 0.885 bits per heavy atom. The van der Waals surface area contributed by atoms with Gasteiger partial charge in [0.05, 0.1) is 0 Å². The Morgan fingerprint density at radius 2 is 0.575 bits per heavy atom. The van der Waals surface area contributed by atoms with Crippen LogP contribution in [0.25, 0.3) is 82.5 Å². The van der Waals surface area contributed by atoms with Crippen LogP contribution in [-0.2, 0) is 0 Å². The van der Waals surface area contributed by atoms with E-state index in [0.717, 1.165) is 138 Å². The summed E-state index contributed by atoms with van der Waals surface area (Å²) in [6, 6.07) is 82.8. The molecular formula is C74H44Cl4N5O3Sb. The third-order valence-electron chi connectivity index (χ3n) is 18.3. The van der Waals surface area contributed by atoms with Crippen molar-refractivity contribution in [3.63, 3.8) is 0 Å². The van der Waals surface area contributed by atoms with Crippen LogP contribution in [0.1, 0.15) is 11.1 Å². The summed E-state index contributed by atoms with van der Waals surface area (Å²) in [6.07, 6.45) is 0. The second-order valence-electron chi connectivity index (χ2n) is 23.1. The van der Waals surface area contributed by atoms with Crippen LogP contribution in [0.5, 0.6) is 23.0 Å². The standard InChI is InChI=1S/C68H44N5O.C6H2Cl4O2.Sb/c1-44-27-31-46(32-28-44)69-48-35-49(37-50(36-48)71-63-21-9-3-15-57(63)58-16-4-10-22-64(58)71)70(47-33-29-45(2)30-34-47)52-39-54(73-67-25-13-7-19-61(67)62-20-8-14-26-68(62)73)43-56(41-52)74-55-40-51(69)38-53(42-55)72-65-23-11-5-17-59(65)60-18-6-12-24-66(60)72;7-1-2(8)4(10)6(12)5(11)3(1)9;/h3-34,36-39,42-43H,1-2H3;11-12H;/q;;+2/p-2. The van der Waals surface area contributed by atoms with Crippen LogP contribution in [0.2, 0.25) is 20.1 Å². The summed E-state index contributed by atoms with van der Waals surface area (Å²) >= 11 is 22.9. The molecule has 0 atom stereocenters. The normalized spacial score (nSPS) is 15.0. The monoisotopic (exact) mass is 1310 g/mol. The summed E-state index contributed by atoms with van der Waals surface area (Å²) in [5, 5.41) is 7.11. The number of rotatable bonds is 5. The van der Waals surface area contributed by atoms with E-state index in [1.807, 2.05) is 0 Å². The van der Waals surface area contributed by atoms with Gasteiger partial charge in [0.15, 0.2) is 0 Å². The van der Waals surface area contributed by atoms with Crippen LogP contribution in [0.4, 0.5) is 34.1 Å². The number of aromatic nitrogens is 3. The molecule has 3 aromatic heterocycles. The number of hydrogen-bond donors (Lipinski definition) is 0. The molecule has 0 aliphatic carbocycles. The molecule has 4 aliphatic rings. The molecule has 87 heavy (non-hydrogen) atoms. The first kappa shape index (κ1) is 50.2. The van der Waals surface area contributed by atoms with E-state index in [2.05, 4.69) is 268 Å². The molecule has 0 amide bonds. The van der Waals surface area contributed by atoms with E-state index in [1.165, 1.54) is 0 Å². The van der Waals surface area contributed by atoms with Crippen molar-refractivity contribution in [1.29, 1.82) is 0 Å². The van der Waals surface area contributed by atoms with Gasteiger partial charge in [0, 0.05) is 0 Å². The molecule has 19 rings (SSSR count). The number of nitrogens with zero attached hydrogens (tertiary/aromatic N) is 5. The SMILES string of the molecule is Cc1ccc(N2c3cc(-n4c5ccccc5c5ccccc54)cc4[c]3[Sb]35([O]c6c(Cl)c(Cl)c(Cl)c(Cl)c6[O]3)[c]3c(cc(-n6c7ccccc7c7ccccc76)cc3N(c3ccc(C)cc3)c3cc(-n6c7ccccc7c7ccccc76)cc2[c]35)O4)cc1. The molecular weight excluding hydrogens is 1270 g/mol. The molecule has 1 spiro atoms. The van der Waals surface area contributed by atoms with Gasteiger partial charge in [-0.1, -0.05) is 0 Å². The first-order valence-corrected chi connectivity index (χ1v) is 36.2. The van der Waals surface area contributed by atoms with E-state index < -0.39 is 18.2 Å². The fraction of sp³-hybridized carbons (Fsp3) is 0.0270. The van der Waals surface area contributed by atoms with E-state index in [-0.39, 0.29) is 31.6 Å². The molecule has 0 saturated carbocycles. The van der Waals surface area contributed by atoms with Gasteiger partial charge in [-0.25, -0.2) is 0 Å². The Bertz CT molecular complexity index is 5190. The average Bonchev–Trinajstić information content (AvgIpc) is 1.62. The molecule has 4 aliphatic heterocycles. The fourth-order valence-electron chi connectivity index (χ4n) is 14.9. The summed E-state index contributed by atoms with van der Waals surface area (Å²) in [4.78, 5) is 4.79. The number of ether oxygens (including phenoxy) is 1. The molecule has 0 unspecified atom stereocenters. The molecule has 0 saturated heterocycles. The minimum atomic E-state index is -6.72. The van der Waals surface area contributed by atoms with Gasteiger partial charge < -0.3 is 0 Å². The number of aryl methyl sites for hydroxylation is 2. The first-order chi connectivity index (χ1) is 42.6. The van der Waals surface area contributed by atoms with Gasteiger partial charge >= 0.3 is 525 Å². The summed E-state index contributed by atoms with van der Waals surface area (Å²) < 4.78 is 34.3. The molecule has 0 radical (unpaired) electrons. The maximum atomic E-state index is 8.44. The number of para-hydroxylation sites is 6. The number of halogens is 4. The Hall–Kier alpha value is -8.98. The predicted octanol–water partition coefficient (Wildman–Crippen LogP) is 19.8. The van der Waals surface area contributed by atoms with Crippen molar-refractivity contribution >= 4 is 175 Å². The maximum absolute atomic E-state index is 8.44. The van der Waals surface area contributed by atoms with Crippen LogP contribution >= 0.6 is 46.4 Å². The Kier molecular flexibility index (Phi) is 10.2. The number of anilines is 6. The summed E-state index contributed by atoms with van der Waals surface area (Å²) in [5.74, 6) is 1.57. The fourth-order valence-corrected chi connectivity index (χ4v) is 32.2. The van der Waals surface area contributed by atoms with Crippen molar-refractivity contribution in [3.05, 3.63) is 262 Å². The molecule has 416 valence electrons. The van der Waals surface area contributed by atoms with Crippen molar-refractivity contribution in [2.75, 3.05) is 9.80 Å². The summed E-state index contributed by atoms with van der Waals surface area (Å²) in [7, 11) is 0. The van der Waals surface area contributed by atoms with Crippen molar-refractivity contribution in [2.24, 2.45) is 0 Å². The minimum absolute atomic E-state index is 0.0675. The zero-order valence-corrected chi connectivity index (χ0v) is 51.9. The Morgan fingerprint density at radius 1 is 0.299 bits per heavy atom. The van der Waals surface area contributed by atoms with E-state index in [4.69, 9.17) is 57.2 Å². The third-order valence-corrected chi connectivity index (χ3v) is 34.0. The van der Waals surface area contributed by atoms with E-state index in [0.29, 0.717) is 11.5 Å². The van der Waals surface area contributed by atoms with Crippen LogP contribution in [0.3, 0.4) is 0 Å². The Labute approximate surface area is 520 Å². The molecule has 0 fully saturated rings. The van der Waals surface area contributed by atoms with Crippen molar-refractivity contribution in [3.8, 4) is 40.1 Å². The molecule has 0 N–H and O–H groups in total. The first-order valence-electron chi connectivity index (χ1n) is 28.8. The summed E-state index contributed by atoms with van der Waals surface area (Å²) in [5.41, 5.74) is 16.3. The zero-order valence-electron chi connectivity index (χ0n) is 46.4. The van der Waals surface area contributed by atoms with Crippen molar-refractivity contribution < 1.29 is 10.8 Å². The molecule has 8 nitrogen and oxygen atoms in total. The number of benzene rings is 12. The quantitative estimate of drug-likeness (QED) is 0.0976. The summed E-state index contributed by atoms with van der Waals surface area (Å²) in [6.45, 7) is 4.24. The second kappa shape index (κ2) is 17.6. The second-order valence-corrected chi connectivity index (χ2v) is 34.9. The van der Waals surface area contributed by atoms with Crippen LogP contribution in [-0.4, -0.2) is 31.9 Å². The van der Waals surface area contributed by atoms with Gasteiger partial charge in [0.25, 0.3) is 0 Å². The van der Waals surface area contributed by atoms with Gasteiger partial charge in [-0.3, -0.25) is 0 Å². The van der Waals surface area contributed by atoms with Gasteiger partial charge in [-0.05, 0) is 0 Å². The topological polar surface area (TPSA) is 49.0 Å². The van der Waals surface area contributed by atoms with Gasteiger partial charge in [-0.15, -0.1) is 0 Å². The van der Waals surface area contributed by atoms with E-state index in [1.54, 1.807) is 0 Å². The van der Waals surface area contributed by atoms with Crippen molar-refractivity contribution in [1.82, 2.24) is 13.7 Å². The molecule has 7 heterocycles. The van der Waals surface area contributed by atoms with E-state index >= 15 is 0 Å². The van der Waals surface area contributed by atoms with Crippen molar-refractivity contribution in [2.45, 2.75) is 13.8 Å². The molecule has 12 aromatic carbocycles. The zero-order chi connectivity index (χ0) is 58.0. The Balaban J connectivity index is 1.06.